The lowest BCUT2D eigenvalue weighted by Gasteiger charge is -2.31. The molecule has 0 fully saturated rings. The van der Waals surface area contributed by atoms with E-state index < -0.39 is 36.7 Å². The number of halogens is 2. The topological polar surface area (TPSA) is 200 Å². The number of aromatic amines is 1. The van der Waals surface area contributed by atoms with Gasteiger partial charge in [0.05, 0.1) is 12.9 Å². The maximum atomic E-state index is 15.4. The second-order valence-electron chi connectivity index (χ2n) is 7.69. The number of alkyl halides is 1. The number of aliphatic hydroxyl groups excluding tert-OH is 1. The first kappa shape index (κ1) is 25.3. The Hall–Kier alpha value is -3.79. The quantitative estimate of drug-likeness (QED) is 0.201. The van der Waals surface area contributed by atoms with Crippen molar-refractivity contribution in [3.8, 4) is 0 Å². The maximum Gasteiger partial charge on any atom is 0.344 e. The van der Waals surface area contributed by atoms with Gasteiger partial charge >= 0.3 is 5.97 Å². The number of carboxylic acid groups (broad SMARTS) is 1. The van der Waals surface area contributed by atoms with Crippen LogP contribution in [0, 0.1) is 0 Å². The standard InChI is InChI=1S/C20H21ClFN9O5/c1-35-11(13(32)14(22)31-9-24-12-15(23)25-19(21)26-16(12)31)8-36-20(18(33)34,17-27-29-30-28-17)7-10-5-3-2-4-6-10/h2-6,9,11,13-14,32H,7-8H2,1H3,(H,33,34)(H2,23,25,26)(H,27,28,29,30)/t11-,13-,14-,20?/m1/s1. The number of H-pyrrole nitrogens is 1. The van der Waals surface area contributed by atoms with Gasteiger partial charge in [0.2, 0.25) is 17.2 Å². The zero-order valence-electron chi connectivity index (χ0n) is 18.7. The Kier molecular flexibility index (Phi) is 7.35. The van der Waals surface area contributed by atoms with Crippen molar-refractivity contribution in [1.29, 1.82) is 0 Å². The number of nitrogens with one attached hydrogen (secondary N) is 1. The zero-order chi connectivity index (χ0) is 25.9. The number of tetrazole rings is 1. The Morgan fingerprint density at radius 1 is 1.33 bits per heavy atom. The minimum atomic E-state index is -2.14. The van der Waals surface area contributed by atoms with E-state index in [0.29, 0.717) is 5.56 Å². The summed E-state index contributed by atoms with van der Waals surface area (Å²) >= 11 is 5.82. The Morgan fingerprint density at radius 2 is 2.08 bits per heavy atom. The maximum absolute atomic E-state index is 15.4. The summed E-state index contributed by atoms with van der Waals surface area (Å²) in [4.78, 5) is 24.1. The van der Waals surface area contributed by atoms with E-state index in [1.807, 2.05) is 0 Å². The lowest BCUT2D eigenvalue weighted by molar-refractivity contribution is -0.181. The molecule has 0 spiro atoms. The van der Waals surface area contributed by atoms with Crippen molar-refractivity contribution in [2.75, 3.05) is 19.5 Å². The number of nitrogens with zero attached hydrogens (tertiary/aromatic N) is 7. The Balaban J connectivity index is 1.60. The molecule has 4 atom stereocenters. The van der Waals surface area contributed by atoms with Crippen molar-refractivity contribution < 1.29 is 28.9 Å². The minimum absolute atomic E-state index is 0.0495. The van der Waals surface area contributed by atoms with Crippen LogP contribution in [0.1, 0.15) is 17.7 Å². The SMILES string of the molecule is CO[C@H](COC(Cc1ccccc1)(C(=O)O)c1nnn[nH]1)[C@@H](O)[C@H](F)n1cnc2c(N)nc(Cl)nc21. The molecule has 0 aliphatic carbocycles. The molecule has 16 heteroatoms. The van der Waals surface area contributed by atoms with Gasteiger partial charge < -0.3 is 25.4 Å². The smallest absolute Gasteiger partial charge is 0.344 e. The van der Waals surface area contributed by atoms with Gasteiger partial charge in [-0.1, -0.05) is 30.3 Å². The van der Waals surface area contributed by atoms with E-state index in [9.17, 15) is 15.0 Å². The number of carboxylic acids is 1. The number of rotatable bonds is 11. The Morgan fingerprint density at radius 3 is 2.72 bits per heavy atom. The van der Waals surface area contributed by atoms with E-state index in [1.165, 1.54) is 7.11 Å². The third-order valence-electron chi connectivity index (χ3n) is 5.52. The van der Waals surface area contributed by atoms with Gasteiger partial charge in [-0.15, -0.1) is 5.10 Å². The van der Waals surface area contributed by atoms with Crippen molar-refractivity contribution in [1.82, 2.24) is 40.1 Å². The molecule has 4 aromatic rings. The average molecular weight is 522 g/mol. The van der Waals surface area contributed by atoms with Crippen LogP contribution in [0.15, 0.2) is 36.7 Å². The first-order valence-electron chi connectivity index (χ1n) is 10.4. The number of aromatic nitrogens is 8. The van der Waals surface area contributed by atoms with Gasteiger partial charge in [0.25, 0.3) is 0 Å². The number of methoxy groups -OCH3 is 1. The van der Waals surface area contributed by atoms with Gasteiger partial charge in [-0.3, -0.25) is 4.57 Å². The molecule has 0 bridgehead atoms. The van der Waals surface area contributed by atoms with Crippen LogP contribution in [0.2, 0.25) is 5.28 Å². The molecule has 0 aliphatic heterocycles. The van der Waals surface area contributed by atoms with Crippen molar-refractivity contribution in [2.45, 2.75) is 30.5 Å². The second-order valence-corrected chi connectivity index (χ2v) is 8.03. The monoisotopic (exact) mass is 521 g/mol. The number of hydrogen-bond donors (Lipinski definition) is 4. The number of carbonyl (C=O) groups is 1. The van der Waals surface area contributed by atoms with Gasteiger partial charge in [-0.05, 0) is 27.6 Å². The molecule has 3 aromatic heterocycles. The number of nitrogen functional groups attached to an aromatic ring is 1. The molecular weight excluding hydrogens is 501 g/mol. The van der Waals surface area contributed by atoms with Crippen LogP contribution in [0.5, 0.6) is 0 Å². The number of ether oxygens (including phenoxy) is 2. The number of fused-ring (bicyclic) bond motifs is 1. The molecule has 0 amide bonds. The van der Waals surface area contributed by atoms with Crippen molar-refractivity contribution in [3.05, 3.63) is 53.3 Å². The third kappa shape index (κ3) is 4.81. The molecular formula is C20H21ClFN9O5. The summed E-state index contributed by atoms with van der Waals surface area (Å²) in [5, 5.41) is 33.7. The van der Waals surface area contributed by atoms with Crippen LogP contribution in [0.3, 0.4) is 0 Å². The summed E-state index contributed by atoms with van der Waals surface area (Å²) in [6.45, 7) is -0.553. The molecule has 0 saturated heterocycles. The van der Waals surface area contributed by atoms with Crippen molar-refractivity contribution in [3.63, 3.8) is 0 Å². The number of benzene rings is 1. The molecule has 4 rings (SSSR count). The summed E-state index contributed by atoms with van der Waals surface area (Å²) in [5.74, 6) is -1.67. The second kappa shape index (κ2) is 10.4. The van der Waals surface area contributed by atoms with Crippen LogP contribution in [-0.4, -0.2) is 82.3 Å². The molecule has 0 radical (unpaired) electrons. The number of hydrogen-bond acceptors (Lipinski definition) is 11. The Labute approximate surface area is 207 Å². The molecule has 5 N–H and O–H groups in total. The lowest BCUT2D eigenvalue weighted by atomic mass is 9.93. The van der Waals surface area contributed by atoms with Crippen LogP contribution >= 0.6 is 11.6 Å². The van der Waals surface area contributed by atoms with E-state index in [1.54, 1.807) is 30.3 Å². The van der Waals surface area contributed by atoms with E-state index >= 15 is 4.39 Å². The van der Waals surface area contributed by atoms with E-state index in [2.05, 4.69) is 35.6 Å². The van der Waals surface area contributed by atoms with Gasteiger partial charge in [0.1, 0.15) is 17.7 Å². The van der Waals surface area contributed by atoms with Crippen molar-refractivity contribution >= 4 is 34.6 Å². The number of aliphatic carboxylic acids is 1. The number of imidazole rings is 1. The third-order valence-corrected chi connectivity index (χ3v) is 5.68. The molecule has 3 heterocycles. The van der Waals surface area contributed by atoms with Gasteiger partial charge in [0, 0.05) is 13.5 Å². The first-order valence-corrected chi connectivity index (χ1v) is 10.8. The van der Waals surface area contributed by atoms with E-state index in [0.717, 1.165) is 10.9 Å². The first-order chi connectivity index (χ1) is 17.3. The van der Waals surface area contributed by atoms with Crippen LogP contribution in [0.25, 0.3) is 11.2 Å². The number of anilines is 1. The predicted octanol–water partition coefficient (Wildman–Crippen LogP) is 0.658. The summed E-state index contributed by atoms with van der Waals surface area (Å²) < 4.78 is 27.4. The normalized spacial score (nSPS) is 15.9. The summed E-state index contributed by atoms with van der Waals surface area (Å²) in [7, 11) is 1.21. The highest BCUT2D eigenvalue weighted by molar-refractivity contribution is 6.28. The van der Waals surface area contributed by atoms with Gasteiger partial charge in [-0.25, -0.2) is 19.3 Å². The highest BCUT2D eigenvalue weighted by Crippen LogP contribution is 2.30. The van der Waals surface area contributed by atoms with E-state index in [-0.39, 0.29) is 34.5 Å². The van der Waals surface area contributed by atoms with Gasteiger partial charge in [0.15, 0.2) is 17.3 Å². The fraction of sp³-hybridized carbons (Fsp3) is 0.350. The van der Waals surface area contributed by atoms with Crippen molar-refractivity contribution in [2.24, 2.45) is 0 Å². The molecule has 36 heavy (non-hydrogen) atoms. The number of aliphatic hydroxyl groups is 1. The van der Waals surface area contributed by atoms with E-state index in [4.69, 9.17) is 26.8 Å². The molecule has 0 aliphatic rings. The number of nitrogens with two attached hydrogens (primary N) is 1. The molecule has 14 nitrogen and oxygen atoms in total. The minimum Gasteiger partial charge on any atom is -0.479 e. The van der Waals surface area contributed by atoms with Gasteiger partial charge in [-0.2, -0.15) is 9.97 Å². The molecule has 0 saturated carbocycles. The zero-order valence-corrected chi connectivity index (χ0v) is 19.4. The Bertz CT molecular complexity index is 1330. The average Bonchev–Trinajstić information content (AvgIpc) is 3.54. The predicted molar refractivity (Wildman–Crippen MR) is 121 cm³/mol. The van der Waals surface area contributed by atoms with Crippen LogP contribution < -0.4 is 5.73 Å². The van der Waals surface area contributed by atoms with Crippen LogP contribution in [0.4, 0.5) is 10.2 Å². The summed E-state index contributed by atoms with van der Waals surface area (Å²) in [5.41, 5.74) is 4.30. The van der Waals surface area contributed by atoms with Crippen LogP contribution in [-0.2, 0) is 26.3 Å². The molecule has 1 aromatic carbocycles. The molecule has 1 unspecified atom stereocenters. The highest BCUT2D eigenvalue weighted by atomic mass is 35.5. The fourth-order valence-corrected chi connectivity index (χ4v) is 3.79. The lowest BCUT2D eigenvalue weighted by Crippen LogP contribution is -2.46. The largest absolute Gasteiger partial charge is 0.479 e. The molecule has 190 valence electrons. The fourth-order valence-electron chi connectivity index (χ4n) is 3.62. The summed E-state index contributed by atoms with van der Waals surface area (Å²) in [6, 6.07) is 8.64. The summed E-state index contributed by atoms with van der Waals surface area (Å²) in [6.07, 6.45) is -4.43. The highest BCUT2D eigenvalue weighted by Gasteiger charge is 2.47.